The Bertz CT molecular complexity index is 63.0. The van der Waals surface area contributed by atoms with Crippen molar-refractivity contribution in [2.75, 3.05) is 6.54 Å². The van der Waals surface area contributed by atoms with E-state index in [4.69, 9.17) is 0 Å². The van der Waals surface area contributed by atoms with Gasteiger partial charge in [-0.25, -0.2) is 0 Å². The Kier molecular flexibility index (Phi) is 0.463. The van der Waals surface area contributed by atoms with Gasteiger partial charge in [-0.15, -0.1) is 0 Å². The summed E-state index contributed by atoms with van der Waals surface area (Å²) in [5, 5.41) is 9.50. The lowest BCUT2D eigenvalue weighted by atomic mass is 10.8. The molecule has 0 aromatic rings. The Hall–Kier alpha value is -0.730. The molecular formula is C2H4N3+. The monoisotopic (exact) mass is 70.0 g/mol. The Morgan fingerprint density at radius 3 is 3.00 bits per heavy atom. The van der Waals surface area contributed by atoms with Crippen molar-refractivity contribution in [3.8, 4) is 0 Å². The molecule has 0 bridgehead atoms. The number of nitrogens with one attached hydrogen (secondary N) is 1. The summed E-state index contributed by atoms with van der Waals surface area (Å²) in [5.41, 5.74) is 0. The molecule has 0 aliphatic carbocycles. The second-order valence-corrected chi connectivity index (χ2v) is 0.760. The van der Waals surface area contributed by atoms with Crippen LogP contribution in [0.3, 0.4) is 0 Å². The zero-order valence-corrected chi connectivity index (χ0v) is 2.68. The molecule has 0 atom stereocenters. The van der Waals surface area contributed by atoms with Gasteiger partial charge in [0.25, 0.3) is 0 Å². The summed E-state index contributed by atoms with van der Waals surface area (Å²) < 4.78 is 0. The molecule has 0 spiro atoms. The smallest absolute Gasteiger partial charge is 0.171 e. The van der Waals surface area contributed by atoms with Gasteiger partial charge in [0.15, 0.2) is 12.8 Å². The molecule has 1 aliphatic rings. The summed E-state index contributed by atoms with van der Waals surface area (Å²) in [6, 6.07) is 0. The summed E-state index contributed by atoms with van der Waals surface area (Å²) >= 11 is 0. The molecule has 26 valence electrons. The van der Waals surface area contributed by atoms with Gasteiger partial charge in [-0.05, 0) is 0 Å². The van der Waals surface area contributed by atoms with Gasteiger partial charge in [0.2, 0.25) is 0 Å². The molecule has 0 aromatic heterocycles. The molecule has 0 amide bonds. The summed E-state index contributed by atoms with van der Waals surface area (Å²) in [7, 11) is 0. The maximum atomic E-state index is 3.47. The normalized spacial score (nSPS) is 17.6. The Balaban J connectivity index is 2.61. The first-order valence-corrected chi connectivity index (χ1v) is 1.44. The number of hydrogen-bond acceptors (Lipinski definition) is 2. The fourth-order valence-corrected chi connectivity index (χ4v) is 0.204. The molecule has 0 saturated heterocycles. The molecule has 0 radical (unpaired) electrons. The fraction of sp³-hybridized carbons (Fsp3) is 0.500. The van der Waals surface area contributed by atoms with Crippen molar-refractivity contribution in [2.45, 2.75) is 0 Å². The van der Waals surface area contributed by atoms with E-state index in [1.54, 1.807) is 6.21 Å². The van der Waals surface area contributed by atoms with Gasteiger partial charge in [-0.1, -0.05) is 0 Å². The van der Waals surface area contributed by atoms with Crippen LogP contribution < -0.4 is 5.11 Å². The molecule has 5 heavy (non-hydrogen) atoms. The zero-order chi connectivity index (χ0) is 3.54. The highest BCUT2D eigenvalue weighted by Crippen LogP contribution is 1.58. The van der Waals surface area contributed by atoms with Crippen molar-refractivity contribution >= 4 is 6.21 Å². The predicted octanol–water partition coefficient (Wildman–Crippen LogP) is -1.48. The van der Waals surface area contributed by atoms with Crippen LogP contribution in [0.15, 0.2) is 10.3 Å². The number of nitrogens with zero attached hydrogens (tertiary/aromatic N) is 2. The third-order valence-corrected chi connectivity index (χ3v) is 0.393. The van der Waals surface area contributed by atoms with Crippen LogP contribution in [0.25, 0.3) is 0 Å². The average molecular weight is 70.1 g/mol. The van der Waals surface area contributed by atoms with Crippen LogP contribution in [0.2, 0.25) is 0 Å². The Labute approximate surface area is 29.4 Å². The first kappa shape index (κ1) is 2.50. The number of rotatable bonds is 0. The lowest BCUT2D eigenvalue weighted by molar-refractivity contribution is -0.510. The van der Waals surface area contributed by atoms with Crippen LogP contribution in [0.5, 0.6) is 0 Å². The first-order valence-electron chi connectivity index (χ1n) is 1.44. The van der Waals surface area contributed by atoms with Crippen molar-refractivity contribution in [1.82, 2.24) is 0 Å². The van der Waals surface area contributed by atoms with Crippen LogP contribution in [-0.4, -0.2) is 12.8 Å². The molecule has 0 fully saturated rings. The summed E-state index contributed by atoms with van der Waals surface area (Å²) in [6.07, 6.45) is 1.71. The van der Waals surface area contributed by atoms with E-state index in [-0.39, 0.29) is 0 Å². The average Bonchev–Trinajstić information content (AvgIpc) is 1.76. The highest BCUT2D eigenvalue weighted by atomic mass is 15.4. The molecule has 1 N–H and O–H groups in total. The summed E-state index contributed by atoms with van der Waals surface area (Å²) in [4.78, 5) is 0. The van der Waals surface area contributed by atoms with Gasteiger partial charge in [0.05, 0.1) is 5.10 Å². The Morgan fingerprint density at radius 1 is 1.80 bits per heavy atom. The van der Waals surface area contributed by atoms with Crippen LogP contribution >= 0.6 is 0 Å². The highest BCUT2D eigenvalue weighted by molar-refractivity contribution is 5.57. The van der Waals surface area contributed by atoms with Crippen molar-refractivity contribution in [1.29, 1.82) is 0 Å². The first-order chi connectivity index (χ1) is 2.50. The topological polar surface area (TPSA) is 38.7 Å². The van der Waals surface area contributed by atoms with E-state index < -0.39 is 0 Å². The Morgan fingerprint density at radius 2 is 2.80 bits per heavy atom. The third kappa shape index (κ3) is 0.289. The maximum absolute atomic E-state index is 3.47. The predicted molar refractivity (Wildman–Crippen MR) is 16.7 cm³/mol. The fourth-order valence-electron chi connectivity index (χ4n) is 0.204. The van der Waals surface area contributed by atoms with Gasteiger partial charge in [-0.2, -0.15) is 5.11 Å². The van der Waals surface area contributed by atoms with E-state index in [1.807, 2.05) is 0 Å². The van der Waals surface area contributed by atoms with E-state index >= 15 is 0 Å². The summed E-state index contributed by atoms with van der Waals surface area (Å²) in [6.45, 7) is 0.792. The highest BCUT2D eigenvalue weighted by Gasteiger charge is 1.86. The van der Waals surface area contributed by atoms with Gasteiger partial charge in [0.1, 0.15) is 5.22 Å². The summed E-state index contributed by atoms with van der Waals surface area (Å²) in [5.74, 6) is 0. The van der Waals surface area contributed by atoms with E-state index in [9.17, 15) is 0 Å². The van der Waals surface area contributed by atoms with Gasteiger partial charge in [-0.3, -0.25) is 0 Å². The van der Waals surface area contributed by atoms with Crippen molar-refractivity contribution in [3.05, 3.63) is 0 Å². The molecule has 3 heteroatoms. The molecule has 0 aromatic carbocycles. The van der Waals surface area contributed by atoms with Gasteiger partial charge < -0.3 is 0 Å². The van der Waals surface area contributed by atoms with Gasteiger partial charge in [0, 0.05) is 0 Å². The van der Waals surface area contributed by atoms with E-state index in [0.29, 0.717) is 0 Å². The lowest BCUT2D eigenvalue weighted by Crippen LogP contribution is -2.63. The van der Waals surface area contributed by atoms with Gasteiger partial charge >= 0.3 is 0 Å². The zero-order valence-electron chi connectivity index (χ0n) is 2.68. The van der Waals surface area contributed by atoms with E-state index in [1.165, 1.54) is 0 Å². The van der Waals surface area contributed by atoms with Crippen LogP contribution in [-0.2, 0) is 0 Å². The van der Waals surface area contributed by atoms with Crippen molar-refractivity contribution < 1.29 is 5.11 Å². The largest absolute Gasteiger partial charge is 0.188 e. The molecule has 1 aliphatic heterocycles. The second kappa shape index (κ2) is 0.924. The number of hydrogen-bond donors (Lipinski definition) is 1. The van der Waals surface area contributed by atoms with Crippen LogP contribution in [0.4, 0.5) is 0 Å². The van der Waals surface area contributed by atoms with Crippen LogP contribution in [0, 0.1) is 0 Å². The molecule has 1 heterocycles. The quantitative estimate of drug-likeness (QED) is 0.361. The van der Waals surface area contributed by atoms with Crippen molar-refractivity contribution in [3.63, 3.8) is 0 Å². The minimum Gasteiger partial charge on any atom is -0.171 e. The molecule has 1 rings (SSSR count). The SMILES string of the molecule is C1=NN=[NH+]C1. The van der Waals surface area contributed by atoms with Crippen molar-refractivity contribution in [2.24, 2.45) is 10.3 Å². The molecule has 0 saturated carbocycles. The third-order valence-electron chi connectivity index (χ3n) is 0.393. The standard InChI is InChI=1S/C2H3N3/c1-2-4-5-3-1/h1H,2H2/p+1. The van der Waals surface area contributed by atoms with E-state index in [2.05, 4.69) is 15.4 Å². The lowest BCUT2D eigenvalue weighted by Gasteiger charge is -1.46. The second-order valence-electron chi connectivity index (χ2n) is 0.760. The van der Waals surface area contributed by atoms with E-state index in [0.717, 1.165) is 6.54 Å². The molecule has 0 unspecified atom stereocenters. The maximum Gasteiger partial charge on any atom is 0.188 e. The minimum atomic E-state index is 0.792. The molecular weight excluding hydrogens is 66.0 g/mol. The van der Waals surface area contributed by atoms with Crippen LogP contribution in [0.1, 0.15) is 0 Å². The minimum absolute atomic E-state index is 0.792. The molecule has 3 nitrogen and oxygen atoms in total.